The molecule has 0 saturated heterocycles. The summed E-state index contributed by atoms with van der Waals surface area (Å²) >= 11 is 12.1. The standard InChI is InChI=1S/C16H15Cl2NO4S/c1-11-13(17)7-8-14(16(11)18)24(22,23)19(10-9-15(20)21)12-5-3-2-4-6-12/h2-8H,9-10H2,1H3,(H,20,21). The van der Waals surface area contributed by atoms with E-state index in [1.807, 2.05) is 0 Å². The number of rotatable bonds is 6. The monoisotopic (exact) mass is 387 g/mol. The van der Waals surface area contributed by atoms with Crippen molar-refractivity contribution in [1.82, 2.24) is 0 Å². The van der Waals surface area contributed by atoms with Crippen LogP contribution in [0.5, 0.6) is 0 Å². The normalized spacial score (nSPS) is 11.3. The van der Waals surface area contributed by atoms with Gasteiger partial charge in [0.15, 0.2) is 0 Å². The minimum atomic E-state index is -4.04. The van der Waals surface area contributed by atoms with E-state index >= 15 is 0 Å². The van der Waals surface area contributed by atoms with Gasteiger partial charge in [-0.1, -0.05) is 41.4 Å². The summed E-state index contributed by atoms with van der Waals surface area (Å²) in [5.41, 5.74) is 0.813. The molecule has 2 aromatic rings. The van der Waals surface area contributed by atoms with E-state index in [-0.39, 0.29) is 22.9 Å². The Morgan fingerprint density at radius 3 is 2.33 bits per heavy atom. The van der Waals surface area contributed by atoms with Gasteiger partial charge < -0.3 is 5.11 Å². The number of carboxylic acid groups (broad SMARTS) is 1. The maximum absolute atomic E-state index is 13.0. The summed E-state index contributed by atoms with van der Waals surface area (Å²) in [7, 11) is -4.04. The predicted molar refractivity (Wildman–Crippen MR) is 94.4 cm³/mol. The minimum absolute atomic E-state index is 0.0266. The number of benzene rings is 2. The molecule has 2 rings (SSSR count). The quantitative estimate of drug-likeness (QED) is 0.813. The van der Waals surface area contributed by atoms with Crippen LogP contribution in [0.25, 0.3) is 0 Å². The van der Waals surface area contributed by atoms with Gasteiger partial charge in [0, 0.05) is 11.6 Å². The van der Waals surface area contributed by atoms with E-state index in [1.54, 1.807) is 37.3 Å². The van der Waals surface area contributed by atoms with Crippen LogP contribution in [0, 0.1) is 6.92 Å². The minimum Gasteiger partial charge on any atom is -0.481 e. The second kappa shape index (κ2) is 7.42. The predicted octanol–water partition coefficient (Wildman–Crippen LogP) is 3.97. The molecule has 0 bridgehead atoms. The highest BCUT2D eigenvalue weighted by molar-refractivity contribution is 7.93. The molecule has 0 heterocycles. The van der Waals surface area contributed by atoms with E-state index in [2.05, 4.69) is 0 Å². The molecule has 24 heavy (non-hydrogen) atoms. The summed E-state index contributed by atoms with van der Waals surface area (Å²) in [6.07, 6.45) is -0.335. The number of hydrogen-bond donors (Lipinski definition) is 1. The van der Waals surface area contributed by atoms with Crippen molar-refractivity contribution in [2.75, 3.05) is 10.8 Å². The largest absolute Gasteiger partial charge is 0.481 e. The Bertz CT molecular complexity index is 854. The summed E-state index contributed by atoms with van der Waals surface area (Å²) in [5.74, 6) is -1.09. The molecule has 128 valence electrons. The molecule has 5 nitrogen and oxygen atoms in total. The van der Waals surface area contributed by atoms with Crippen molar-refractivity contribution in [2.24, 2.45) is 0 Å². The van der Waals surface area contributed by atoms with Gasteiger partial charge in [0.1, 0.15) is 4.90 Å². The third-order valence-electron chi connectivity index (χ3n) is 3.43. The Morgan fingerprint density at radius 2 is 1.75 bits per heavy atom. The Labute approximate surface area is 150 Å². The number of halogens is 2. The summed E-state index contributed by atoms with van der Waals surface area (Å²) in [4.78, 5) is 10.8. The van der Waals surface area contributed by atoms with Gasteiger partial charge in [0.25, 0.3) is 10.0 Å². The Kier molecular flexibility index (Phi) is 5.74. The van der Waals surface area contributed by atoms with Gasteiger partial charge in [0.05, 0.1) is 17.1 Å². The Hall–Kier alpha value is -1.76. The van der Waals surface area contributed by atoms with E-state index in [0.717, 1.165) is 4.31 Å². The average molecular weight is 388 g/mol. The molecule has 0 unspecified atom stereocenters. The first-order valence-electron chi connectivity index (χ1n) is 6.99. The molecule has 0 saturated carbocycles. The van der Waals surface area contributed by atoms with Crippen molar-refractivity contribution in [3.8, 4) is 0 Å². The Balaban J connectivity index is 2.56. The van der Waals surface area contributed by atoms with Crippen LogP contribution in [0.2, 0.25) is 10.0 Å². The van der Waals surface area contributed by atoms with E-state index in [9.17, 15) is 13.2 Å². The Morgan fingerprint density at radius 1 is 1.12 bits per heavy atom. The summed E-state index contributed by atoms with van der Waals surface area (Å²) in [6.45, 7) is 1.41. The molecule has 0 aliphatic heterocycles. The second-order valence-corrected chi connectivity index (χ2v) is 7.66. The average Bonchev–Trinajstić information content (AvgIpc) is 2.53. The van der Waals surface area contributed by atoms with E-state index in [1.165, 1.54) is 12.1 Å². The van der Waals surface area contributed by atoms with E-state index in [4.69, 9.17) is 28.3 Å². The molecule has 0 atom stereocenters. The molecule has 1 N–H and O–H groups in total. The number of para-hydroxylation sites is 1. The van der Waals surface area contributed by atoms with Crippen molar-refractivity contribution >= 4 is 44.9 Å². The number of hydrogen-bond acceptors (Lipinski definition) is 3. The van der Waals surface area contributed by atoms with Crippen LogP contribution in [0.4, 0.5) is 5.69 Å². The van der Waals surface area contributed by atoms with Gasteiger partial charge >= 0.3 is 5.97 Å². The van der Waals surface area contributed by atoms with E-state index in [0.29, 0.717) is 16.3 Å². The molecule has 0 aliphatic rings. The molecule has 0 radical (unpaired) electrons. The first-order valence-corrected chi connectivity index (χ1v) is 9.19. The molecule has 0 aromatic heterocycles. The highest BCUT2D eigenvalue weighted by Gasteiger charge is 2.28. The van der Waals surface area contributed by atoms with Crippen LogP contribution in [-0.4, -0.2) is 26.0 Å². The highest BCUT2D eigenvalue weighted by atomic mass is 35.5. The maximum atomic E-state index is 13.0. The topological polar surface area (TPSA) is 74.7 Å². The zero-order valence-corrected chi connectivity index (χ0v) is 15.1. The van der Waals surface area contributed by atoms with Gasteiger partial charge in [-0.3, -0.25) is 9.10 Å². The van der Waals surface area contributed by atoms with E-state index < -0.39 is 16.0 Å². The zero-order chi connectivity index (χ0) is 17.9. The molecular formula is C16H15Cl2NO4S. The van der Waals surface area contributed by atoms with Crippen LogP contribution in [0.15, 0.2) is 47.4 Å². The van der Waals surface area contributed by atoms with Gasteiger partial charge in [-0.05, 0) is 36.8 Å². The molecule has 0 spiro atoms. The van der Waals surface area contributed by atoms with Crippen LogP contribution < -0.4 is 4.31 Å². The molecule has 8 heteroatoms. The number of aliphatic carboxylic acids is 1. The first kappa shape index (κ1) is 18.6. The lowest BCUT2D eigenvalue weighted by Gasteiger charge is -2.24. The summed E-state index contributed by atoms with van der Waals surface area (Å²) in [6, 6.07) is 11.1. The summed E-state index contributed by atoms with van der Waals surface area (Å²) in [5, 5.41) is 9.30. The first-order chi connectivity index (χ1) is 11.2. The molecule has 0 aliphatic carbocycles. The van der Waals surface area contributed by atoms with Gasteiger partial charge in [-0.2, -0.15) is 0 Å². The van der Waals surface area contributed by atoms with Crippen LogP contribution in [-0.2, 0) is 14.8 Å². The maximum Gasteiger partial charge on any atom is 0.305 e. The van der Waals surface area contributed by atoms with Crippen molar-refractivity contribution < 1.29 is 18.3 Å². The fourth-order valence-corrected chi connectivity index (χ4v) is 4.39. The van der Waals surface area contributed by atoms with Crippen LogP contribution in [0.3, 0.4) is 0 Å². The number of carbonyl (C=O) groups is 1. The third kappa shape index (κ3) is 3.83. The van der Waals surface area contributed by atoms with Crippen molar-refractivity contribution in [2.45, 2.75) is 18.2 Å². The number of nitrogens with zero attached hydrogens (tertiary/aromatic N) is 1. The second-order valence-electron chi connectivity index (χ2n) is 5.04. The number of sulfonamides is 1. The molecule has 2 aromatic carbocycles. The van der Waals surface area contributed by atoms with Crippen LogP contribution >= 0.6 is 23.2 Å². The lowest BCUT2D eigenvalue weighted by Crippen LogP contribution is -2.33. The fourth-order valence-electron chi connectivity index (χ4n) is 2.13. The van der Waals surface area contributed by atoms with Crippen molar-refractivity contribution in [3.05, 3.63) is 58.1 Å². The van der Waals surface area contributed by atoms with Crippen LogP contribution in [0.1, 0.15) is 12.0 Å². The molecule has 0 amide bonds. The highest BCUT2D eigenvalue weighted by Crippen LogP contribution is 2.33. The summed E-state index contributed by atoms with van der Waals surface area (Å²) < 4.78 is 27.1. The van der Waals surface area contributed by atoms with Crippen molar-refractivity contribution in [1.29, 1.82) is 0 Å². The SMILES string of the molecule is Cc1c(Cl)ccc(S(=O)(=O)N(CCC(=O)O)c2ccccc2)c1Cl. The molecule has 0 fully saturated rings. The third-order valence-corrected chi connectivity index (χ3v) is 6.30. The van der Waals surface area contributed by atoms with Gasteiger partial charge in [-0.25, -0.2) is 8.42 Å². The lowest BCUT2D eigenvalue weighted by molar-refractivity contribution is -0.136. The zero-order valence-electron chi connectivity index (χ0n) is 12.7. The fraction of sp³-hybridized carbons (Fsp3) is 0.188. The van der Waals surface area contributed by atoms with Crippen molar-refractivity contribution in [3.63, 3.8) is 0 Å². The molecular weight excluding hydrogens is 373 g/mol. The lowest BCUT2D eigenvalue weighted by atomic mass is 10.2. The smallest absolute Gasteiger partial charge is 0.305 e. The van der Waals surface area contributed by atoms with Gasteiger partial charge in [-0.15, -0.1) is 0 Å². The van der Waals surface area contributed by atoms with Gasteiger partial charge in [0.2, 0.25) is 0 Å². The number of carboxylic acids is 1. The number of anilines is 1.